The number of aromatic nitrogens is 3. The molecule has 28 heavy (non-hydrogen) atoms. The van der Waals surface area contributed by atoms with Crippen LogP contribution >= 0.6 is 0 Å². The number of benzene rings is 1. The average molecular weight is 373 g/mol. The van der Waals surface area contributed by atoms with Crippen molar-refractivity contribution in [2.24, 2.45) is 5.92 Å². The van der Waals surface area contributed by atoms with Crippen LogP contribution < -0.4 is 10.5 Å². The minimum absolute atomic E-state index is 0.164. The van der Waals surface area contributed by atoms with Crippen molar-refractivity contribution in [3.05, 3.63) is 71.3 Å². The van der Waals surface area contributed by atoms with Crippen LogP contribution in [0.4, 0.5) is 5.69 Å². The van der Waals surface area contributed by atoms with Crippen molar-refractivity contribution in [2.75, 3.05) is 31.6 Å². The van der Waals surface area contributed by atoms with Gasteiger partial charge >= 0.3 is 0 Å². The van der Waals surface area contributed by atoms with Crippen LogP contribution in [0, 0.1) is 5.92 Å². The number of anilines is 1. The fourth-order valence-corrected chi connectivity index (χ4v) is 4.55. The van der Waals surface area contributed by atoms with Crippen molar-refractivity contribution >= 4 is 5.69 Å². The van der Waals surface area contributed by atoms with Crippen LogP contribution in [-0.2, 0) is 0 Å². The van der Waals surface area contributed by atoms with E-state index in [4.69, 9.17) is 0 Å². The molecule has 3 aromatic rings. The Kier molecular flexibility index (Phi) is 4.20. The van der Waals surface area contributed by atoms with Crippen molar-refractivity contribution in [1.82, 2.24) is 19.7 Å². The van der Waals surface area contributed by atoms with Gasteiger partial charge in [0.1, 0.15) is 0 Å². The summed E-state index contributed by atoms with van der Waals surface area (Å²) in [5.74, 6) is 0.800. The van der Waals surface area contributed by atoms with Gasteiger partial charge in [-0.25, -0.2) is 0 Å². The molecule has 2 atom stereocenters. The van der Waals surface area contributed by atoms with E-state index in [0.717, 1.165) is 30.3 Å². The Balaban J connectivity index is 1.36. The maximum atomic E-state index is 11.9. The van der Waals surface area contributed by atoms with Gasteiger partial charge in [0.2, 0.25) is 0 Å². The van der Waals surface area contributed by atoms with Crippen LogP contribution in [-0.4, -0.2) is 52.4 Å². The third kappa shape index (κ3) is 2.99. The molecule has 2 saturated heterocycles. The SMILES string of the molecule is CN1C[C@H]2CCN(c3ccc(-c4ccc(-n5ncccc5=O)cn4)cc3)[C@H]2C1. The van der Waals surface area contributed by atoms with Crippen molar-refractivity contribution in [3.8, 4) is 16.9 Å². The van der Waals surface area contributed by atoms with Gasteiger partial charge < -0.3 is 9.80 Å². The quantitative estimate of drug-likeness (QED) is 0.706. The Morgan fingerprint density at radius 1 is 1.00 bits per heavy atom. The molecule has 0 saturated carbocycles. The molecule has 2 aliphatic heterocycles. The Morgan fingerprint density at radius 2 is 1.82 bits per heavy atom. The van der Waals surface area contributed by atoms with E-state index < -0.39 is 0 Å². The summed E-state index contributed by atoms with van der Waals surface area (Å²) in [6, 6.07) is 16.3. The Labute approximate surface area is 164 Å². The van der Waals surface area contributed by atoms with Crippen LogP contribution in [0.25, 0.3) is 16.9 Å². The van der Waals surface area contributed by atoms with Crippen molar-refractivity contribution < 1.29 is 0 Å². The standard InChI is InChI=1S/C22H23N5O/c1-25-14-17-10-12-26(21(17)15-25)18-6-4-16(5-7-18)20-9-8-19(13-23-20)27-22(28)3-2-11-24-27/h2-9,11,13,17,21H,10,12,14-15H2,1H3/t17-,21+/m1/s1. The predicted molar refractivity (Wildman–Crippen MR) is 110 cm³/mol. The molecule has 0 bridgehead atoms. The first-order valence-corrected chi connectivity index (χ1v) is 9.75. The molecule has 0 radical (unpaired) electrons. The summed E-state index contributed by atoms with van der Waals surface area (Å²) in [6.07, 6.45) is 4.57. The topological polar surface area (TPSA) is 54.3 Å². The second kappa shape index (κ2) is 6.87. The van der Waals surface area contributed by atoms with Gasteiger partial charge in [0.15, 0.2) is 0 Å². The third-order valence-electron chi connectivity index (χ3n) is 5.93. The zero-order chi connectivity index (χ0) is 19.1. The molecule has 2 fully saturated rings. The predicted octanol–water partition coefficient (Wildman–Crippen LogP) is 2.43. The average Bonchev–Trinajstić information content (AvgIpc) is 3.28. The largest absolute Gasteiger partial charge is 0.367 e. The van der Waals surface area contributed by atoms with Gasteiger partial charge in [-0.2, -0.15) is 9.78 Å². The highest BCUT2D eigenvalue weighted by Gasteiger charge is 2.39. The van der Waals surface area contributed by atoms with Crippen LogP contribution in [0.2, 0.25) is 0 Å². The van der Waals surface area contributed by atoms with Crippen molar-refractivity contribution in [3.63, 3.8) is 0 Å². The molecule has 4 heterocycles. The Morgan fingerprint density at radius 3 is 2.57 bits per heavy atom. The molecule has 0 spiro atoms. The zero-order valence-corrected chi connectivity index (χ0v) is 15.9. The molecule has 2 aliphatic rings. The molecule has 0 N–H and O–H groups in total. The van der Waals surface area contributed by atoms with Gasteiger partial charge in [-0.1, -0.05) is 12.1 Å². The minimum Gasteiger partial charge on any atom is -0.367 e. The van der Waals surface area contributed by atoms with Crippen LogP contribution in [0.1, 0.15) is 6.42 Å². The van der Waals surface area contributed by atoms with E-state index in [2.05, 4.69) is 51.2 Å². The lowest BCUT2D eigenvalue weighted by atomic mass is 10.0. The number of likely N-dealkylation sites (tertiary alicyclic amines) is 1. The molecular formula is C22H23N5O. The van der Waals surface area contributed by atoms with Gasteiger partial charge in [-0.3, -0.25) is 9.78 Å². The number of likely N-dealkylation sites (N-methyl/N-ethyl adjacent to an activating group) is 1. The fourth-order valence-electron chi connectivity index (χ4n) is 4.55. The van der Waals surface area contributed by atoms with Crippen LogP contribution in [0.15, 0.2) is 65.7 Å². The van der Waals surface area contributed by atoms with Gasteiger partial charge in [0, 0.05) is 49.2 Å². The molecule has 1 aromatic carbocycles. The maximum Gasteiger partial charge on any atom is 0.271 e. The molecule has 142 valence electrons. The zero-order valence-electron chi connectivity index (χ0n) is 15.9. The van der Waals surface area contributed by atoms with Crippen molar-refractivity contribution in [1.29, 1.82) is 0 Å². The van der Waals surface area contributed by atoms with E-state index in [1.54, 1.807) is 18.5 Å². The molecule has 0 unspecified atom stereocenters. The van der Waals surface area contributed by atoms with E-state index in [1.807, 2.05) is 12.1 Å². The Bertz CT molecular complexity index is 1030. The molecule has 2 aromatic heterocycles. The number of pyridine rings is 1. The van der Waals surface area contributed by atoms with E-state index in [-0.39, 0.29) is 5.56 Å². The first-order chi connectivity index (χ1) is 13.7. The summed E-state index contributed by atoms with van der Waals surface area (Å²) >= 11 is 0. The number of hydrogen-bond donors (Lipinski definition) is 0. The van der Waals surface area contributed by atoms with Gasteiger partial charge in [-0.05, 0) is 49.7 Å². The Hall–Kier alpha value is -2.99. The van der Waals surface area contributed by atoms with E-state index in [0.29, 0.717) is 11.7 Å². The van der Waals surface area contributed by atoms with Crippen LogP contribution in [0.3, 0.4) is 0 Å². The molecular weight excluding hydrogens is 350 g/mol. The molecule has 0 aliphatic carbocycles. The number of nitrogens with zero attached hydrogens (tertiary/aromatic N) is 5. The number of hydrogen-bond acceptors (Lipinski definition) is 5. The van der Waals surface area contributed by atoms with Gasteiger partial charge in [-0.15, -0.1) is 0 Å². The highest BCUT2D eigenvalue weighted by Crippen LogP contribution is 2.35. The molecule has 0 amide bonds. The first-order valence-electron chi connectivity index (χ1n) is 9.75. The fraction of sp³-hybridized carbons (Fsp3) is 0.318. The van der Waals surface area contributed by atoms with E-state index in [1.165, 1.54) is 29.4 Å². The maximum absolute atomic E-state index is 11.9. The third-order valence-corrected chi connectivity index (χ3v) is 5.93. The lowest BCUT2D eigenvalue weighted by molar-refractivity contribution is 0.386. The van der Waals surface area contributed by atoms with Gasteiger partial charge in [0.05, 0.1) is 17.6 Å². The monoisotopic (exact) mass is 373 g/mol. The minimum atomic E-state index is -0.164. The smallest absolute Gasteiger partial charge is 0.271 e. The second-order valence-corrected chi connectivity index (χ2v) is 7.75. The normalized spacial score (nSPS) is 21.8. The lowest BCUT2D eigenvalue weighted by Crippen LogP contribution is -2.34. The number of rotatable bonds is 3. The van der Waals surface area contributed by atoms with Crippen molar-refractivity contribution in [2.45, 2.75) is 12.5 Å². The summed E-state index contributed by atoms with van der Waals surface area (Å²) in [7, 11) is 2.22. The molecule has 6 nitrogen and oxygen atoms in total. The second-order valence-electron chi connectivity index (χ2n) is 7.75. The summed E-state index contributed by atoms with van der Waals surface area (Å²) in [6.45, 7) is 3.52. The van der Waals surface area contributed by atoms with E-state index >= 15 is 0 Å². The molecule has 6 heteroatoms. The summed E-state index contributed by atoms with van der Waals surface area (Å²) in [4.78, 5) is 21.4. The summed E-state index contributed by atoms with van der Waals surface area (Å²) in [5.41, 5.74) is 3.76. The summed E-state index contributed by atoms with van der Waals surface area (Å²) in [5, 5.41) is 4.09. The lowest BCUT2D eigenvalue weighted by Gasteiger charge is -2.26. The highest BCUT2D eigenvalue weighted by molar-refractivity contribution is 5.64. The number of fused-ring (bicyclic) bond motifs is 1. The highest BCUT2D eigenvalue weighted by atomic mass is 16.1. The first kappa shape index (κ1) is 17.1. The summed E-state index contributed by atoms with van der Waals surface area (Å²) < 4.78 is 1.35. The van der Waals surface area contributed by atoms with Gasteiger partial charge in [0.25, 0.3) is 5.56 Å². The molecule has 5 rings (SSSR count). The van der Waals surface area contributed by atoms with E-state index in [9.17, 15) is 4.79 Å². The van der Waals surface area contributed by atoms with Crippen LogP contribution in [0.5, 0.6) is 0 Å².